The highest BCUT2D eigenvalue weighted by Gasteiger charge is 2.03. The van der Waals surface area contributed by atoms with Crippen molar-refractivity contribution in [2.75, 3.05) is 30.2 Å². The molecular formula is C12H18ClN3O. The van der Waals surface area contributed by atoms with Gasteiger partial charge in [-0.15, -0.1) is 11.6 Å². The first-order valence-electron chi connectivity index (χ1n) is 5.62. The Bertz CT molecular complexity index is 351. The smallest absolute Gasteiger partial charge is 0.224 e. The normalized spacial score (nSPS) is 10.1. The van der Waals surface area contributed by atoms with Gasteiger partial charge in [0.05, 0.1) is 11.9 Å². The van der Waals surface area contributed by atoms with Gasteiger partial charge in [-0.25, -0.2) is 4.98 Å². The monoisotopic (exact) mass is 255 g/mol. The Kier molecular flexibility index (Phi) is 5.77. The molecule has 0 fully saturated rings. The molecule has 0 aliphatic heterocycles. The third-order valence-corrected chi connectivity index (χ3v) is 2.54. The number of carbonyl (C=O) groups is 1. The minimum absolute atomic E-state index is 0.00881. The van der Waals surface area contributed by atoms with Crippen LogP contribution in [-0.2, 0) is 4.79 Å². The van der Waals surface area contributed by atoms with Crippen LogP contribution in [-0.4, -0.2) is 30.9 Å². The minimum atomic E-state index is 0.00881. The molecule has 94 valence electrons. The van der Waals surface area contributed by atoms with E-state index in [1.807, 2.05) is 31.1 Å². The summed E-state index contributed by atoms with van der Waals surface area (Å²) >= 11 is 5.55. The molecule has 17 heavy (non-hydrogen) atoms. The summed E-state index contributed by atoms with van der Waals surface area (Å²) < 4.78 is 0. The highest BCUT2D eigenvalue weighted by Crippen LogP contribution is 2.12. The molecule has 1 rings (SSSR count). The van der Waals surface area contributed by atoms with Gasteiger partial charge in [0.15, 0.2) is 0 Å². The Balaban J connectivity index is 2.43. The number of nitrogens with one attached hydrogen (secondary N) is 1. The number of alkyl halides is 1. The Morgan fingerprint density at radius 2 is 2.18 bits per heavy atom. The lowest BCUT2D eigenvalue weighted by Gasteiger charge is -2.11. The average Bonchev–Trinajstić information content (AvgIpc) is 2.30. The second-order valence-electron chi connectivity index (χ2n) is 3.99. The lowest BCUT2D eigenvalue weighted by atomic mass is 10.2. The van der Waals surface area contributed by atoms with E-state index < -0.39 is 0 Å². The van der Waals surface area contributed by atoms with Gasteiger partial charge in [-0.3, -0.25) is 4.79 Å². The Hall–Kier alpha value is -1.29. The fourth-order valence-electron chi connectivity index (χ4n) is 1.33. The molecular weight excluding hydrogens is 238 g/mol. The van der Waals surface area contributed by atoms with Crippen LogP contribution >= 0.6 is 11.6 Å². The van der Waals surface area contributed by atoms with Gasteiger partial charge in [0.1, 0.15) is 5.82 Å². The third kappa shape index (κ3) is 5.04. The van der Waals surface area contributed by atoms with Crippen LogP contribution < -0.4 is 10.2 Å². The van der Waals surface area contributed by atoms with Crippen molar-refractivity contribution in [3.05, 3.63) is 18.3 Å². The quantitative estimate of drug-likeness (QED) is 0.628. The zero-order valence-corrected chi connectivity index (χ0v) is 11.0. The van der Waals surface area contributed by atoms with E-state index in [-0.39, 0.29) is 5.91 Å². The number of aromatic nitrogens is 1. The average molecular weight is 256 g/mol. The highest BCUT2D eigenvalue weighted by molar-refractivity contribution is 6.17. The summed E-state index contributed by atoms with van der Waals surface area (Å²) in [5.41, 5.74) is 0.728. The topological polar surface area (TPSA) is 45.2 Å². The Labute approximate surface area is 107 Å². The van der Waals surface area contributed by atoms with Gasteiger partial charge in [-0.2, -0.15) is 0 Å². The number of carbonyl (C=O) groups excluding carboxylic acids is 1. The van der Waals surface area contributed by atoms with Crippen LogP contribution in [0.2, 0.25) is 0 Å². The van der Waals surface area contributed by atoms with Gasteiger partial charge in [-0.1, -0.05) is 0 Å². The molecule has 4 nitrogen and oxygen atoms in total. The van der Waals surface area contributed by atoms with E-state index in [4.69, 9.17) is 11.6 Å². The molecule has 1 amide bonds. The molecule has 1 aromatic rings. The number of halogens is 1. The third-order valence-electron chi connectivity index (χ3n) is 2.28. The van der Waals surface area contributed by atoms with Crippen molar-refractivity contribution in [2.24, 2.45) is 0 Å². The molecule has 0 bridgehead atoms. The summed E-state index contributed by atoms with van der Waals surface area (Å²) in [4.78, 5) is 17.6. The predicted molar refractivity (Wildman–Crippen MR) is 71.8 cm³/mol. The number of anilines is 2. The number of amides is 1. The largest absolute Gasteiger partial charge is 0.363 e. The summed E-state index contributed by atoms with van der Waals surface area (Å²) in [6, 6.07) is 3.72. The van der Waals surface area contributed by atoms with E-state index in [2.05, 4.69) is 10.3 Å². The van der Waals surface area contributed by atoms with Crippen LogP contribution in [0.4, 0.5) is 11.5 Å². The maximum absolute atomic E-state index is 11.5. The second kappa shape index (κ2) is 7.12. The van der Waals surface area contributed by atoms with E-state index in [1.54, 1.807) is 6.20 Å². The summed E-state index contributed by atoms with van der Waals surface area (Å²) in [5, 5.41) is 2.80. The maximum Gasteiger partial charge on any atom is 0.224 e. The first-order chi connectivity index (χ1) is 8.13. The molecule has 0 aromatic carbocycles. The first kappa shape index (κ1) is 13.8. The van der Waals surface area contributed by atoms with Crippen molar-refractivity contribution in [2.45, 2.75) is 19.3 Å². The van der Waals surface area contributed by atoms with E-state index in [0.717, 1.165) is 24.3 Å². The fourth-order valence-corrected chi connectivity index (χ4v) is 1.52. The van der Waals surface area contributed by atoms with Crippen molar-refractivity contribution in [3.8, 4) is 0 Å². The predicted octanol–water partition coefficient (Wildman–Crippen LogP) is 2.50. The fraction of sp³-hybridized carbons (Fsp3) is 0.500. The van der Waals surface area contributed by atoms with E-state index in [0.29, 0.717) is 12.3 Å². The molecule has 0 aliphatic carbocycles. The number of pyridine rings is 1. The molecule has 1 N–H and O–H groups in total. The second-order valence-corrected chi connectivity index (χ2v) is 4.37. The summed E-state index contributed by atoms with van der Waals surface area (Å²) in [5.74, 6) is 1.48. The van der Waals surface area contributed by atoms with Crippen LogP contribution in [0.5, 0.6) is 0 Å². The van der Waals surface area contributed by atoms with Crippen molar-refractivity contribution >= 4 is 29.0 Å². The van der Waals surface area contributed by atoms with Crippen LogP contribution in [0.15, 0.2) is 18.3 Å². The van der Waals surface area contributed by atoms with Crippen molar-refractivity contribution in [3.63, 3.8) is 0 Å². The van der Waals surface area contributed by atoms with Gasteiger partial charge in [0.25, 0.3) is 0 Å². The van der Waals surface area contributed by atoms with Crippen LogP contribution in [0, 0.1) is 0 Å². The van der Waals surface area contributed by atoms with Gasteiger partial charge >= 0.3 is 0 Å². The zero-order chi connectivity index (χ0) is 12.7. The van der Waals surface area contributed by atoms with Gasteiger partial charge in [0.2, 0.25) is 5.91 Å². The molecule has 5 heteroatoms. The molecule has 0 saturated carbocycles. The van der Waals surface area contributed by atoms with Crippen molar-refractivity contribution < 1.29 is 4.79 Å². The van der Waals surface area contributed by atoms with Gasteiger partial charge < -0.3 is 10.2 Å². The molecule has 0 aliphatic rings. The summed E-state index contributed by atoms with van der Waals surface area (Å²) in [6.07, 6.45) is 3.85. The van der Waals surface area contributed by atoms with Crippen molar-refractivity contribution in [1.82, 2.24) is 4.98 Å². The SMILES string of the molecule is CN(C)c1ccc(NC(=O)CCCCCl)cn1. The zero-order valence-electron chi connectivity index (χ0n) is 10.2. The summed E-state index contributed by atoms with van der Waals surface area (Å²) in [6.45, 7) is 0. The number of hydrogen-bond acceptors (Lipinski definition) is 3. The first-order valence-corrected chi connectivity index (χ1v) is 6.16. The van der Waals surface area contributed by atoms with Gasteiger partial charge in [-0.05, 0) is 25.0 Å². The minimum Gasteiger partial charge on any atom is -0.363 e. The molecule has 0 radical (unpaired) electrons. The molecule has 1 heterocycles. The molecule has 0 atom stereocenters. The van der Waals surface area contributed by atoms with Crippen LogP contribution in [0.1, 0.15) is 19.3 Å². The lowest BCUT2D eigenvalue weighted by molar-refractivity contribution is -0.116. The van der Waals surface area contributed by atoms with Crippen LogP contribution in [0.25, 0.3) is 0 Å². The summed E-state index contributed by atoms with van der Waals surface area (Å²) in [7, 11) is 3.85. The Morgan fingerprint density at radius 1 is 1.41 bits per heavy atom. The molecule has 0 saturated heterocycles. The van der Waals surface area contributed by atoms with Gasteiger partial charge in [0, 0.05) is 26.4 Å². The lowest BCUT2D eigenvalue weighted by Crippen LogP contribution is -2.13. The Morgan fingerprint density at radius 3 is 2.71 bits per heavy atom. The number of nitrogens with zero attached hydrogens (tertiary/aromatic N) is 2. The molecule has 0 unspecified atom stereocenters. The number of rotatable bonds is 6. The number of unbranched alkanes of at least 4 members (excludes halogenated alkanes) is 1. The standard InChI is InChI=1S/C12H18ClN3O/c1-16(2)11-7-6-10(9-14-11)15-12(17)5-3-4-8-13/h6-7,9H,3-5,8H2,1-2H3,(H,15,17). The van der Waals surface area contributed by atoms with E-state index in [9.17, 15) is 4.79 Å². The number of hydrogen-bond donors (Lipinski definition) is 1. The van der Waals surface area contributed by atoms with Crippen LogP contribution in [0.3, 0.4) is 0 Å². The maximum atomic E-state index is 11.5. The molecule has 1 aromatic heterocycles. The van der Waals surface area contributed by atoms with E-state index >= 15 is 0 Å². The van der Waals surface area contributed by atoms with E-state index in [1.165, 1.54) is 0 Å². The van der Waals surface area contributed by atoms with Crippen molar-refractivity contribution in [1.29, 1.82) is 0 Å². The highest BCUT2D eigenvalue weighted by atomic mass is 35.5. The molecule has 0 spiro atoms.